The van der Waals surface area contributed by atoms with E-state index in [1.165, 1.54) is 58.2 Å². The molecule has 6 heteroatoms. The maximum absolute atomic E-state index is 3.85. The van der Waals surface area contributed by atoms with Crippen LogP contribution in [-0.2, 0) is 0 Å². The zero-order chi connectivity index (χ0) is 22.2. The molecule has 0 bridgehead atoms. The van der Waals surface area contributed by atoms with Crippen LogP contribution in [0.5, 0.6) is 0 Å². The number of nitrogens with one attached hydrogen (secondary N) is 3. The molecule has 0 saturated carbocycles. The molecule has 0 aromatic rings. The van der Waals surface area contributed by atoms with Crippen LogP contribution in [-0.4, -0.2) is 92.1 Å². The summed E-state index contributed by atoms with van der Waals surface area (Å²) < 4.78 is 0. The van der Waals surface area contributed by atoms with Gasteiger partial charge in [0.2, 0.25) is 0 Å². The zero-order valence-corrected chi connectivity index (χ0v) is 21.2. The molecule has 0 amide bonds. The maximum Gasteiger partial charge on any atom is 0.0596 e. The van der Waals surface area contributed by atoms with Gasteiger partial charge in [-0.3, -0.25) is 16.0 Å². The Morgan fingerprint density at radius 3 is 0.867 bits per heavy atom. The van der Waals surface area contributed by atoms with Crippen molar-refractivity contribution in [1.29, 1.82) is 0 Å². The maximum atomic E-state index is 3.85. The van der Waals surface area contributed by atoms with Crippen molar-refractivity contribution in [2.45, 2.75) is 98.6 Å². The van der Waals surface area contributed by atoms with Crippen LogP contribution in [0.1, 0.15) is 80.1 Å². The average Bonchev–Trinajstić information content (AvgIpc) is 2.77. The van der Waals surface area contributed by atoms with E-state index in [-0.39, 0.29) is 0 Å². The van der Waals surface area contributed by atoms with Gasteiger partial charge in [0.15, 0.2) is 0 Å². The van der Waals surface area contributed by atoms with Crippen LogP contribution in [0.2, 0.25) is 0 Å². The number of nitrogens with zero attached hydrogens (tertiary/aromatic N) is 3. The van der Waals surface area contributed by atoms with E-state index >= 15 is 0 Å². The Hall–Kier alpha value is -0.240. The van der Waals surface area contributed by atoms with Crippen LogP contribution in [0.3, 0.4) is 0 Å². The summed E-state index contributed by atoms with van der Waals surface area (Å²) in [7, 11) is 0. The van der Waals surface area contributed by atoms with Crippen molar-refractivity contribution in [3.05, 3.63) is 0 Å². The lowest BCUT2D eigenvalue weighted by molar-refractivity contribution is 0.160. The molecule has 1 aliphatic heterocycles. The van der Waals surface area contributed by atoms with Crippen molar-refractivity contribution in [2.75, 3.05) is 58.9 Å². The van der Waals surface area contributed by atoms with Gasteiger partial charge in [-0.15, -0.1) is 0 Å². The molecule has 1 rings (SSSR count). The van der Waals surface area contributed by atoms with Crippen molar-refractivity contribution >= 4 is 0 Å². The van der Waals surface area contributed by atoms with Crippen molar-refractivity contribution in [3.8, 4) is 0 Å². The molecule has 6 nitrogen and oxygen atoms in total. The smallest absolute Gasteiger partial charge is 0.0596 e. The first kappa shape index (κ1) is 27.8. The highest BCUT2D eigenvalue weighted by atomic mass is 15.3. The van der Waals surface area contributed by atoms with Gasteiger partial charge in [-0.2, -0.15) is 0 Å². The lowest BCUT2D eigenvalue weighted by Gasteiger charge is -2.40. The standard InChI is InChI=1S/C24H54N6/c1-7-28(8-2)19-13-16-22-25-23(17-14-20-29(9-3)10-4)27-24(26-22)18-15-21-30(11-5)12-6/h22-27H,7-21H2,1-6H3. The molecule has 0 aliphatic carbocycles. The first-order chi connectivity index (χ1) is 14.6. The Morgan fingerprint density at radius 1 is 0.433 bits per heavy atom. The highest BCUT2D eigenvalue weighted by molar-refractivity contribution is 4.84. The normalized spacial score (nSPS) is 22.5. The largest absolute Gasteiger partial charge is 0.304 e. The molecule has 0 unspecified atom stereocenters. The van der Waals surface area contributed by atoms with Crippen molar-refractivity contribution < 1.29 is 0 Å². The van der Waals surface area contributed by atoms with Crippen molar-refractivity contribution in [2.24, 2.45) is 0 Å². The summed E-state index contributed by atoms with van der Waals surface area (Å²) >= 11 is 0. The predicted molar refractivity (Wildman–Crippen MR) is 132 cm³/mol. The number of rotatable bonds is 18. The molecule has 0 aromatic heterocycles. The Morgan fingerprint density at radius 2 is 0.667 bits per heavy atom. The minimum Gasteiger partial charge on any atom is -0.304 e. The summed E-state index contributed by atoms with van der Waals surface area (Å²) in [6.07, 6.45) is 8.67. The van der Waals surface area contributed by atoms with Crippen LogP contribution in [0, 0.1) is 0 Å². The van der Waals surface area contributed by atoms with Gasteiger partial charge < -0.3 is 14.7 Å². The van der Waals surface area contributed by atoms with Gasteiger partial charge in [0.1, 0.15) is 0 Å². The van der Waals surface area contributed by atoms with E-state index in [9.17, 15) is 0 Å². The monoisotopic (exact) mass is 426 g/mol. The lowest BCUT2D eigenvalue weighted by atomic mass is 10.1. The fraction of sp³-hybridized carbons (Fsp3) is 1.00. The van der Waals surface area contributed by atoms with Crippen molar-refractivity contribution in [3.63, 3.8) is 0 Å². The quantitative estimate of drug-likeness (QED) is 0.313. The van der Waals surface area contributed by atoms with E-state index in [0.717, 1.165) is 39.3 Å². The highest BCUT2D eigenvalue weighted by Crippen LogP contribution is 2.10. The lowest BCUT2D eigenvalue weighted by Crippen LogP contribution is -2.67. The molecule has 30 heavy (non-hydrogen) atoms. The van der Waals surface area contributed by atoms with Gasteiger partial charge in [-0.05, 0) is 97.4 Å². The SMILES string of the molecule is CCN(CC)CCCC1NC(CCCN(CC)CC)NC(CCCN(CC)CC)N1. The molecule has 1 aliphatic rings. The van der Waals surface area contributed by atoms with Crippen LogP contribution < -0.4 is 16.0 Å². The van der Waals surface area contributed by atoms with Gasteiger partial charge in [0.05, 0.1) is 18.5 Å². The van der Waals surface area contributed by atoms with Crippen LogP contribution in [0.15, 0.2) is 0 Å². The zero-order valence-electron chi connectivity index (χ0n) is 21.2. The van der Waals surface area contributed by atoms with Crippen molar-refractivity contribution in [1.82, 2.24) is 30.7 Å². The predicted octanol–water partition coefficient (Wildman–Crippen LogP) is 3.11. The Bertz CT molecular complexity index is 319. The van der Waals surface area contributed by atoms with E-state index in [4.69, 9.17) is 0 Å². The minimum atomic E-state index is 0.429. The second-order valence-electron chi connectivity index (χ2n) is 8.67. The first-order valence-corrected chi connectivity index (χ1v) is 13.0. The molecule has 0 aromatic carbocycles. The summed E-state index contributed by atoms with van der Waals surface area (Å²) in [5.74, 6) is 0. The fourth-order valence-electron chi connectivity index (χ4n) is 4.55. The first-order valence-electron chi connectivity index (χ1n) is 13.0. The molecular formula is C24H54N6. The number of hydrogen-bond acceptors (Lipinski definition) is 6. The second kappa shape index (κ2) is 17.3. The van der Waals surface area contributed by atoms with Crippen LogP contribution in [0.25, 0.3) is 0 Å². The summed E-state index contributed by atoms with van der Waals surface area (Å²) in [5.41, 5.74) is 0. The third-order valence-electron chi connectivity index (χ3n) is 6.79. The Labute approximate surface area is 188 Å². The van der Waals surface area contributed by atoms with Gasteiger partial charge >= 0.3 is 0 Å². The third-order valence-corrected chi connectivity index (χ3v) is 6.79. The highest BCUT2D eigenvalue weighted by Gasteiger charge is 2.26. The Balaban J connectivity index is 2.50. The second-order valence-corrected chi connectivity index (χ2v) is 8.67. The average molecular weight is 427 g/mol. The molecule has 1 fully saturated rings. The molecule has 3 N–H and O–H groups in total. The van der Waals surface area contributed by atoms with Crippen LogP contribution >= 0.6 is 0 Å². The van der Waals surface area contributed by atoms with E-state index in [0.29, 0.717) is 18.5 Å². The minimum absolute atomic E-state index is 0.429. The summed E-state index contributed by atoms with van der Waals surface area (Å²) in [6, 6.07) is 0. The van der Waals surface area contributed by atoms with Gasteiger partial charge in [-0.25, -0.2) is 0 Å². The Kier molecular flexibility index (Phi) is 16.1. The van der Waals surface area contributed by atoms with Crippen LogP contribution in [0.4, 0.5) is 0 Å². The molecular weight excluding hydrogens is 372 g/mol. The molecule has 1 heterocycles. The topological polar surface area (TPSA) is 45.8 Å². The van der Waals surface area contributed by atoms with E-state index in [1.54, 1.807) is 0 Å². The summed E-state index contributed by atoms with van der Waals surface area (Å²) in [5, 5.41) is 11.6. The summed E-state index contributed by atoms with van der Waals surface area (Å²) in [6.45, 7) is 24.2. The van der Waals surface area contributed by atoms with E-state index in [1.807, 2.05) is 0 Å². The molecule has 0 spiro atoms. The number of hydrogen-bond donors (Lipinski definition) is 3. The fourth-order valence-corrected chi connectivity index (χ4v) is 4.55. The van der Waals surface area contributed by atoms with Gasteiger partial charge in [0.25, 0.3) is 0 Å². The summed E-state index contributed by atoms with van der Waals surface area (Å²) in [4.78, 5) is 7.60. The van der Waals surface area contributed by atoms with E-state index < -0.39 is 0 Å². The molecule has 180 valence electrons. The van der Waals surface area contributed by atoms with Gasteiger partial charge in [-0.1, -0.05) is 41.5 Å². The van der Waals surface area contributed by atoms with Gasteiger partial charge in [0, 0.05) is 0 Å². The molecule has 0 radical (unpaired) electrons. The third kappa shape index (κ3) is 11.4. The van der Waals surface area contributed by atoms with E-state index in [2.05, 4.69) is 72.2 Å². The molecule has 1 saturated heterocycles. The molecule has 0 atom stereocenters.